The number of fused-ring (bicyclic) bond motifs is 1. The lowest BCUT2D eigenvalue weighted by Crippen LogP contribution is -2.37. The standard InChI is InChI=1S/C10H11ClN6O/c11-6-5-13-8-7(14-6)9(16-10(12)15-8)17-1-3-18-4-2-17/h5H,1-4H2,(H2,12,13,15,16). The molecule has 94 valence electrons. The Morgan fingerprint density at radius 1 is 1.22 bits per heavy atom. The van der Waals surface area contributed by atoms with Gasteiger partial charge in [-0.25, -0.2) is 9.97 Å². The third kappa shape index (κ3) is 2.02. The van der Waals surface area contributed by atoms with Crippen LogP contribution in [0.25, 0.3) is 11.2 Å². The average molecular weight is 267 g/mol. The maximum atomic E-state index is 5.87. The van der Waals surface area contributed by atoms with Crippen LogP contribution in [0.1, 0.15) is 0 Å². The smallest absolute Gasteiger partial charge is 0.224 e. The highest BCUT2D eigenvalue weighted by atomic mass is 35.5. The first-order chi connectivity index (χ1) is 8.74. The van der Waals surface area contributed by atoms with Crippen LogP contribution in [0.2, 0.25) is 5.15 Å². The molecule has 1 saturated heterocycles. The number of halogens is 1. The summed E-state index contributed by atoms with van der Waals surface area (Å²) in [5, 5.41) is 0.311. The minimum atomic E-state index is 0.181. The first-order valence-corrected chi connectivity index (χ1v) is 5.90. The normalized spacial score (nSPS) is 16.2. The number of nitrogens with zero attached hydrogens (tertiary/aromatic N) is 5. The lowest BCUT2D eigenvalue weighted by Gasteiger charge is -2.28. The van der Waals surface area contributed by atoms with Gasteiger partial charge in [0.2, 0.25) is 5.95 Å². The molecule has 2 N–H and O–H groups in total. The molecule has 0 atom stereocenters. The van der Waals surface area contributed by atoms with Crippen LogP contribution in [0, 0.1) is 0 Å². The molecule has 0 spiro atoms. The molecule has 0 unspecified atom stereocenters. The van der Waals surface area contributed by atoms with Crippen molar-refractivity contribution < 1.29 is 4.74 Å². The van der Waals surface area contributed by atoms with Gasteiger partial charge in [0.25, 0.3) is 0 Å². The van der Waals surface area contributed by atoms with Gasteiger partial charge in [0, 0.05) is 13.1 Å². The van der Waals surface area contributed by atoms with Gasteiger partial charge < -0.3 is 15.4 Å². The molecular formula is C10H11ClN6O. The van der Waals surface area contributed by atoms with Crippen molar-refractivity contribution in [3.63, 3.8) is 0 Å². The van der Waals surface area contributed by atoms with E-state index in [1.54, 1.807) is 0 Å². The molecule has 8 heteroatoms. The Bertz CT molecular complexity index is 586. The van der Waals surface area contributed by atoms with Gasteiger partial charge in [-0.1, -0.05) is 11.6 Å². The number of aromatic nitrogens is 4. The second-order valence-electron chi connectivity index (χ2n) is 3.87. The lowest BCUT2D eigenvalue weighted by molar-refractivity contribution is 0.122. The van der Waals surface area contributed by atoms with E-state index in [0.29, 0.717) is 35.3 Å². The van der Waals surface area contributed by atoms with E-state index in [9.17, 15) is 0 Å². The Labute approximate surface area is 108 Å². The number of nitrogens with two attached hydrogens (primary N) is 1. The minimum absolute atomic E-state index is 0.181. The van der Waals surface area contributed by atoms with Gasteiger partial charge in [-0.2, -0.15) is 9.97 Å². The predicted octanol–water partition coefficient (Wildman–Crippen LogP) is 0.492. The molecule has 3 heterocycles. The maximum Gasteiger partial charge on any atom is 0.224 e. The molecule has 0 aromatic carbocycles. The van der Waals surface area contributed by atoms with Gasteiger partial charge in [-0.05, 0) is 0 Å². The molecule has 1 aliphatic rings. The molecule has 0 aliphatic carbocycles. The fourth-order valence-electron chi connectivity index (χ4n) is 1.88. The van der Waals surface area contributed by atoms with Crippen molar-refractivity contribution in [2.24, 2.45) is 0 Å². The van der Waals surface area contributed by atoms with Crippen molar-refractivity contribution in [3.05, 3.63) is 11.3 Å². The summed E-state index contributed by atoms with van der Waals surface area (Å²) in [7, 11) is 0. The quantitative estimate of drug-likeness (QED) is 0.803. The summed E-state index contributed by atoms with van der Waals surface area (Å²) in [6.07, 6.45) is 1.44. The van der Waals surface area contributed by atoms with E-state index >= 15 is 0 Å². The lowest BCUT2D eigenvalue weighted by atomic mass is 10.3. The fraction of sp³-hybridized carbons (Fsp3) is 0.400. The van der Waals surface area contributed by atoms with Crippen molar-refractivity contribution in [3.8, 4) is 0 Å². The van der Waals surface area contributed by atoms with E-state index in [4.69, 9.17) is 22.1 Å². The molecular weight excluding hydrogens is 256 g/mol. The Hall–Kier alpha value is -1.73. The highest BCUT2D eigenvalue weighted by Crippen LogP contribution is 2.23. The van der Waals surface area contributed by atoms with Gasteiger partial charge >= 0.3 is 0 Å². The van der Waals surface area contributed by atoms with E-state index in [1.807, 2.05) is 0 Å². The predicted molar refractivity (Wildman–Crippen MR) is 67.6 cm³/mol. The number of anilines is 2. The summed E-state index contributed by atoms with van der Waals surface area (Å²) >= 11 is 5.87. The van der Waals surface area contributed by atoms with Crippen LogP contribution in [0.4, 0.5) is 11.8 Å². The summed E-state index contributed by atoms with van der Waals surface area (Å²) in [6.45, 7) is 2.78. The SMILES string of the molecule is Nc1nc(N2CCOCC2)c2nc(Cl)cnc2n1. The van der Waals surface area contributed by atoms with Crippen molar-refractivity contribution in [1.29, 1.82) is 0 Å². The molecule has 2 aromatic heterocycles. The molecule has 1 aliphatic heterocycles. The van der Waals surface area contributed by atoms with Gasteiger partial charge in [-0.15, -0.1) is 0 Å². The van der Waals surface area contributed by atoms with Crippen molar-refractivity contribution >= 4 is 34.5 Å². The second kappa shape index (κ2) is 4.51. The zero-order valence-corrected chi connectivity index (χ0v) is 10.3. The van der Waals surface area contributed by atoms with Crippen LogP contribution in [0.15, 0.2) is 6.20 Å². The third-order valence-corrected chi connectivity index (χ3v) is 2.87. The van der Waals surface area contributed by atoms with Crippen LogP contribution in [-0.2, 0) is 4.74 Å². The van der Waals surface area contributed by atoms with E-state index in [-0.39, 0.29) is 5.95 Å². The largest absolute Gasteiger partial charge is 0.378 e. The maximum absolute atomic E-state index is 5.87. The van der Waals surface area contributed by atoms with Crippen LogP contribution in [0.3, 0.4) is 0 Å². The van der Waals surface area contributed by atoms with E-state index in [0.717, 1.165) is 13.1 Å². The Kier molecular flexibility index (Phi) is 2.85. The highest BCUT2D eigenvalue weighted by molar-refractivity contribution is 6.29. The van der Waals surface area contributed by atoms with Crippen molar-refractivity contribution in [2.45, 2.75) is 0 Å². The molecule has 0 bridgehead atoms. The molecule has 1 fully saturated rings. The van der Waals surface area contributed by atoms with E-state index in [2.05, 4.69) is 24.8 Å². The number of nitrogen functional groups attached to an aromatic ring is 1. The summed E-state index contributed by atoms with van der Waals surface area (Å²) in [4.78, 5) is 18.7. The molecule has 3 rings (SSSR count). The van der Waals surface area contributed by atoms with Gasteiger partial charge in [0.15, 0.2) is 17.0 Å². The number of ether oxygens (including phenoxy) is 1. The highest BCUT2D eigenvalue weighted by Gasteiger charge is 2.18. The Balaban J connectivity index is 2.16. The molecule has 0 amide bonds. The minimum Gasteiger partial charge on any atom is -0.378 e. The summed E-state index contributed by atoms with van der Waals surface area (Å²) in [5.74, 6) is 0.844. The molecule has 2 aromatic rings. The van der Waals surface area contributed by atoms with E-state index < -0.39 is 0 Å². The Morgan fingerprint density at radius 3 is 2.78 bits per heavy atom. The van der Waals surface area contributed by atoms with Gasteiger partial charge in [0.05, 0.1) is 19.4 Å². The molecule has 18 heavy (non-hydrogen) atoms. The monoisotopic (exact) mass is 266 g/mol. The van der Waals surface area contributed by atoms with E-state index in [1.165, 1.54) is 6.20 Å². The first kappa shape index (κ1) is 11.4. The van der Waals surface area contributed by atoms with Crippen LogP contribution < -0.4 is 10.6 Å². The number of hydrogen-bond acceptors (Lipinski definition) is 7. The van der Waals surface area contributed by atoms with Crippen molar-refractivity contribution in [2.75, 3.05) is 36.9 Å². The summed E-state index contributed by atoms with van der Waals surface area (Å²) in [6, 6.07) is 0. The molecule has 0 radical (unpaired) electrons. The first-order valence-electron chi connectivity index (χ1n) is 5.52. The zero-order valence-electron chi connectivity index (χ0n) is 9.51. The number of hydrogen-bond donors (Lipinski definition) is 1. The Morgan fingerprint density at radius 2 is 2.00 bits per heavy atom. The van der Waals surface area contributed by atoms with Gasteiger partial charge in [0.1, 0.15) is 5.15 Å². The number of morpholine rings is 1. The number of rotatable bonds is 1. The molecule has 0 saturated carbocycles. The third-order valence-electron chi connectivity index (χ3n) is 2.69. The fourth-order valence-corrected chi connectivity index (χ4v) is 2.02. The van der Waals surface area contributed by atoms with Crippen LogP contribution in [0.5, 0.6) is 0 Å². The van der Waals surface area contributed by atoms with Crippen molar-refractivity contribution in [1.82, 2.24) is 19.9 Å². The van der Waals surface area contributed by atoms with Gasteiger partial charge in [-0.3, -0.25) is 0 Å². The summed E-state index contributed by atoms with van der Waals surface area (Å²) in [5.41, 5.74) is 6.71. The second-order valence-corrected chi connectivity index (χ2v) is 4.26. The van der Waals surface area contributed by atoms with Crippen LogP contribution in [-0.4, -0.2) is 46.2 Å². The molecule has 7 nitrogen and oxygen atoms in total. The average Bonchev–Trinajstić information content (AvgIpc) is 2.39. The summed E-state index contributed by atoms with van der Waals surface area (Å²) < 4.78 is 5.31. The topological polar surface area (TPSA) is 90.0 Å². The van der Waals surface area contributed by atoms with Crippen LogP contribution >= 0.6 is 11.6 Å². The zero-order chi connectivity index (χ0) is 12.5.